The van der Waals surface area contributed by atoms with Crippen LogP contribution in [0.1, 0.15) is 6.42 Å². The normalized spacial score (nSPS) is 63.0. The largest absolute Gasteiger partial charge is 0.497 e. The van der Waals surface area contributed by atoms with Crippen LogP contribution in [-0.2, 0) is 4.74 Å². The Labute approximate surface area is 48.3 Å². The second-order valence-corrected chi connectivity index (χ2v) is 3.07. The van der Waals surface area contributed by atoms with Gasteiger partial charge in [0.15, 0.2) is 0 Å². The van der Waals surface area contributed by atoms with Gasteiger partial charge < -0.3 is 4.74 Å². The van der Waals surface area contributed by atoms with Gasteiger partial charge in [0.2, 0.25) is 0 Å². The summed E-state index contributed by atoms with van der Waals surface area (Å²) in [6, 6.07) is 0. The zero-order valence-electron chi connectivity index (χ0n) is 4.58. The van der Waals surface area contributed by atoms with E-state index in [-0.39, 0.29) is 0 Å². The molecule has 42 valence electrons. The van der Waals surface area contributed by atoms with Gasteiger partial charge in [-0.25, -0.2) is 0 Å². The van der Waals surface area contributed by atoms with Crippen LogP contribution in [0.2, 0.25) is 0 Å². The van der Waals surface area contributed by atoms with Crippen molar-refractivity contribution < 1.29 is 4.74 Å². The second kappa shape index (κ2) is 0.831. The van der Waals surface area contributed by atoms with Gasteiger partial charge in [-0.15, -0.1) is 0 Å². The van der Waals surface area contributed by atoms with E-state index in [1.54, 1.807) is 0 Å². The van der Waals surface area contributed by atoms with E-state index in [0.29, 0.717) is 6.10 Å². The fourth-order valence-electron chi connectivity index (χ4n) is 2.11. The van der Waals surface area contributed by atoms with Crippen molar-refractivity contribution in [2.45, 2.75) is 12.5 Å². The van der Waals surface area contributed by atoms with Crippen LogP contribution in [0.5, 0.6) is 0 Å². The maximum atomic E-state index is 5.33. The standard InChI is InChI=1S/C7H8O/c1-2-8-7-4(1)5-3-6(5)7/h1-2,4-7H,3H2. The van der Waals surface area contributed by atoms with Crippen molar-refractivity contribution in [3.05, 3.63) is 12.3 Å². The lowest BCUT2D eigenvalue weighted by atomic mass is 9.83. The Morgan fingerprint density at radius 1 is 1.38 bits per heavy atom. The second-order valence-electron chi connectivity index (χ2n) is 3.07. The highest BCUT2D eigenvalue weighted by molar-refractivity contribution is 5.19. The third kappa shape index (κ3) is 0.206. The summed E-state index contributed by atoms with van der Waals surface area (Å²) in [5, 5.41) is 0. The Kier molecular flexibility index (Phi) is 0.368. The van der Waals surface area contributed by atoms with Gasteiger partial charge in [-0.2, -0.15) is 0 Å². The third-order valence-corrected chi connectivity index (χ3v) is 2.72. The molecule has 2 fully saturated rings. The first-order valence-corrected chi connectivity index (χ1v) is 3.29. The Hall–Kier alpha value is -0.460. The summed E-state index contributed by atoms with van der Waals surface area (Å²) in [6.45, 7) is 0. The molecule has 1 heteroatoms. The monoisotopic (exact) mass is 108 g/mol. The summed E-state index contributed by atoms with van der Waals surface area (Å²) in [7, 11) is 0. The Morgan fingerprint density at radius 3 is 3.25 bits per heavy atom. The lowest BCUT2D eigenvalue weighted by Gasteiger charge is -2.26. The van der Waals surface area contributed by atoms with E-state index in [4.69, 9.17) is 4.74 Å². The van der Waals surface area contributed by atoms with E-state index in [1.165, 1.54) is 6.42 Å². The van der Waals surface area contributed by atoms with Crippen molar-refractivity contribution in [2.24, 2.45) is 17.8 Å². The lowest BCUT2D eigenvalue weighted by molar-refractivity contribution is 0.0487. The molecule has 3 rings (SSSR count). The van der Waals surface area contributed by atoms with Crippen molar-refractivity contribution in [3.63, 3.8) is 0 Å². The molecule has 2 aliphatic carbocycles. The zero-order valence-corrected chi connectivity index (χ0v) is 4.58. The van der Waals surface area contributed by atoms with Gasteiger partial charge in [-0.05, 0) is 18.4 Å². The van der Waals surface area contributed by atoms with E-state index >= 15 is 0 Å². The average molecular weight is 108 g/mol. The first kappa shape index (κ1) is 3.54. The molecule has 1 heterocycles. The van der Waals surface area contributed by atoms with Crippen molar-refractivity contribution in [1.82, 2.24) is 0 Å². The van der Waals surface area contributed by atoms with Crippen LogP contribution in [0.15, 0.2) is 12.3 Å². The summed E-state index contributed by atoms with van der Waals surface area (Å²) < 4.78 is 5.33. The number of ether oxygens (including phenoxy) is 1. The first-order chi connectivity index (χ1) is 3.97. The van der Waals surface area contributed by atoms with Gasteiger partial charge in [0, 0.05) is 11.8 Å². The molecule has 0 aromatic carbocycles. The van der Waals surface area contributed by atoms with E-state index in [1.807, 2.05) is 6.26 Å². The van der Waals surface area contributed by atoms with Crippen LogP contribution in [0.25, 0.3) is 0 Å². The molecular weight excluding hydrogens is 100 g/mol. The topological polar surface area (TPSA) is 9.23 Å². The van der Waals surface area contributed by atoms with E-state index < -0.39 is 0 Å². The summed E-state index contributed by atoms with van der Waals surface area (Å²) in [5.41, 5.74) is 0. The number of hydrogen-bond acceptors (Lipinski definition) is 1. The summed E-state index contributed by atoms with van der Waals surface area (Å²) in [4.78, 5) is 0. The van der Waals surface area contributed by atoms with Gasteiger partial charge in [-0.1, -0.05) is 0 Å². The third-order valence-electron chi connectivity index (χ3n) is 2.72. The molecule has 0 spiro atoms. The summed E-state index contributed by atoms with van der Waals surface area (Å²) in [6.07, 6.45) is 6.17. The highest BCUT2D eigenvalue weighted by Crippen LogP contribution is 2.63. The quantitative estimate of drug-likeness (QED) is 0.452. The summed E-state index contributed by atoms with van der Waals surface area (Å²) in [5.74, 6) is 2.84. The van der Waals surface area contributed by atoms with Gasteiger partial charge in [0.05, 0.1) is 6.26 Å². The fourth-order valence-corrected chi connectivity index (χ4v) is 2.11. The van der Waals surface area contributed by atoms with Crippen molar-refractivity contribution in [3.8, 4) is 0 Å². The minimum absolute atomic E-state index is 0.625. The molecule has 1 nitrogen and oxygen atoms in total. The van der Waals surface area contributed by atoms with Crippen LogP contribution in [-0.4, -0.2) is 6.10 Å². The van der Waals surface area contributed by atoms with Crippen LogP contribution >= 0.6 is 0 Å². The first-order valence-electron chi connectivity index (χ1n) is 3.29. The molecule has 4 atom stereocenters. The van der Waals surface area contributed by atoms with Crippen molar-refractivity contribution >= 4 is 0 Å². The van der Waals surface area contributed by atoms with E-state index in [9.17, 15) is 0 Å². The molecule has 0 N–H and O–H groups in total. The molecule has 0 bridgehead atoms. The highest BCUT2D eigenvalue weighted by Gasteiger charge is 2.63. The van der Waals surface area contributed by atoms with Crippen molar-refractivity contribution in [2.75, 3.05) is 0 Å². The minimum atomic E-state index is 0.625. The number of rotatable bonds is 0. The van der Waals surface area contributed by atoms with E-state index in [2.05, 4.69) is 6.08 Å². The Morgan fingerprint density at radius 2 is 2.38 bits per heavy atom. The Balaban J connectivity index is 2.00. The maximum absolute atomic E-state index is 5.33. The SMILES string of the molecule is C1=CC2C3CC3C2O1. The minimum Gasteiger partial charge on any atom is -0.497 e. The van der Waals surface area contributed by atoms with Crippen molar-refractivity contribution in [1.29, 1.82) is 0 Å². The Bertz CT molecular complexity index is 162. The predicted molar refractivity (Wildman–Crippen MR) is 29.1 cm³/mol. The zero-order chi connectivity index (χ0) is 5.14. The molecule has 0 saturated heterocycles. The molecule has 0 aromatic rings. The maximum Gasteiger partial charge on any atom is 0.108 e. The molecule has 0 aromatic heterocycles. The summed E-state index contributed by atoms with van der Waals surface area (Å²) >= 11 is 0. The molecular formula is C7H8O. The van der Waals surface area contributed by atoms with Crippen LogP contribution in [0, 0.1) is 17.8 Å². The highest BCUT2D eigenvalue weighted by atomic mass is 16.5. The fraction of sp³-hybridized carbons (Fsp3) is 0.714. The molecule has 3 aliphatic rings. The molecule has 0 amide bonds. The average Bonchev–Trinajstić information content (AvgIpc) is 2.34. The number of hydrogen-bond donors (Lipinski definition) is 0. The molecule has 8 heavy (non-hydrogen) atoms. The molecule has 1 aliphatic heterocycles. The predicted octanol–water partition coefficient (Wildman–Crippen LogP) is 1.16. The molecule has 0 radical (unpaired) electrons. The molecule has 2 saturated carbocycles. The van der Waals surface area contributed by atoms with Gasteiger partial charge in [0.25, 0.3) is 0 Å². The van der Waals surface area contributed by atoms with Crippen LogP contribution < -0.4 is 0 Å². The smallest absolute Gasteiger partial charge is 0.108 e. The van der Waals surface area contributed by atoms with Gasteiger partial charge >= 0.3 is 0 Å². The lowest BCUT2D eigenvalue weighted by Crippen LogP contribution is -2.31. The van der Waals surface area contributed by atoms with E-state index in [0.717, 1.165) is 17.8 Å². The van der Waals surface area contributed by atoms with Gasteiger partial charge in [0.1, 0.15) is 6.10 Å². The van der Waals surface area contributed by atoms with Crippen LogP contribution in [0.4, 0.5) is 0 Å². The van der Waals surface area contributed by atoms with Crippen LogP contribution in [0.3, 0.4) is 0 Å². The number of fused-ring (bicyclic) bond motifs is 4. The van der Waals surface area contributed by atoms with Gasteiger partial charge in [-0.3, -0.25) is 0 Å². The molecule has 4 unspecified atom stereocenters.